The van der Waals surface area contributed by atoms with Crippen molar-refractivity contribution in [2.45, 2.75) is 40.2 Å². The molecule has 0 unspecified atom stereocenters. The maximum atomic E-state index is 8.78. The van der Waals surface area contributed by atoms with E-state index in [0.717, 1.165) is 12.5 Å². The highest BCUT2D eigenvalue weighted by molar-refractivity contribution is 6.60. The number of rotatable bonds is 8. The molecule has 0 saturated heterocycles. The summed E-state index contributed by atoms with van der Waals surface area (Å²) >= 11 is 0. The van der Waals surface area contributed by atoms with Crippen LogP contribution in [0, 0.1) is 0 Å². The van der Waals surface area contributed by atoms with E-state index in [1.165, 1.54) is 0 Å². The van der Waals surface area contributed by atoms with E-state index in [9.17, 15) is 0 Å². The summed E-state index contributed by atoms with van der Waals surface area (Å²) in [6, 6.07) is 0.919. The maximum Gasteiger partial charge on any atom is 0.500 e. The first-order valence-electron chi connectivity index (χ1n) is 5.88. The third-order valence-corrected chi connectivity index (χ3v) is 4.95. The second kappa shape index (κ2) is 11.8. The fourth-order valence-corrected chi connectivity index (χ4v) is 3.92. The molecule has 0 aliphatic rings. The average Bonchev–Trinajstić information content (AvgIpc) is 2.18. The molecule has 104 valence electrons. The van der Waals surface area contributed by atoms with E-state index in [1.807, 2.05) is 20.8 Å². The van der Waals surface area contributed by atoms with Crippen LogP contribution in [-0.2, 0) is 13.3 Å². The van der Waals surface area contributed by atoms with E-state index < -0.39 is 14.9 Å². The molecule has 0 aromatic carbocycles. The van der Waals surface area contributed by atoms with Crippen LogP contribution in [0.1, 0.15) is 34.1 Å². The molecule has 7 heteroatoms. The summed E-state index contributed by atoms with van der Waals surface area (Å²) in [5.41, 5.74) is 4.03. The molecule has 0 radical (unpaired) electrons. The molecule has 0 heterocycles. The van der Waals surface area contributed by atoms with Crippen molar-refractivity contribution in [3.63, 3.8) is 0 Å². The topological polar surface area (TPSA) is 91.0 Å². The molecule has 0 spiro atoms. The van der Waals surface area contributed by atoms with Gasteiger partial charge < -0.3 is 24.1 Å². The Bertz CT molecular complexity index is 158. The molecule has 0 aliphatic carbocycles. The summed E-state index contributed by atoms with van der Waals surface area (Å²) in [4.78, 5) is 8.78. The van der Waals surface area contributed by atoms with E-state index in [4.69, 9.17) is 23.2 Å². The predicted octanol–water partition coefficient (Wildman–Crippen LogP) is 2.07. The quantitative estimate of drug-likeness (QED) is 0.657. The van der Waals surface area contributed by atoms with Gasteiger partial charge in [-0.05, 0) is 20.8 Å². The second-order valence-corrected chi connectivity index (χ2v) is 5.80. The summed E-state index contributed by atoms with van der Waals surface area (Å²) in [7, 11) is -2.30. The fourth-order valence-electron chi connectivity index (χ4n) is 1.31. The third kappa shape index (κ3) is 11.6. The van der Waals surface area contributed by atoms with Crippen LogP contribution in [0.4, 0.5) is 4.79 Å². The zero-order valence-electron chi connectivity index (χ0n) is 11.2. The van der Waals surface area contributed by atoms with E-state index in [2.05, 4.69) is 12.7 Å². The molecule has 0 aromatic rings. The van der Waals surface area contributed by atoms with Crippen LogP contribution in [0.15, 0.2) is 0 Å². The molecule has 0 saturated carbocycles. The van der Waals surface area contributed by atoms with Crippen LogP contribution in [-0.4, -0.2) is 39.8 Å². The number of hydrogen-bond acceptors (Lipinski definition) is 4. The van der Waals surface area contributed by atoms with Crippen LogP contribution >= 0.6 is 0 Å². The lowest BCUT2D eigenvalue weighted by molar-refractivity contribution is 0.0711. The number of carbonyl (C=O) groups is 1. The van der Waals surface area contributed by atoms with Gasteiger partial charge in [-0.25, -0.2) is 4.79 Å². The molecule has 0 aromatic heterocycles. The summed E-state index contributed by atoms with van der Waals surface area (Å²) < 4.78 is 16.9. The van der Waals surface area contributed by atoms with Crippen molar-refractivity contribution in [1.29, 1.82) is 0 Å². The SMILES string of the molecule is CCC[Si](OCC)(OCC)OCC.NC(=O)O. The van der Waals surface area contributed by atoms with Gasteiger partial charge in [0.1, 0.15) is 0 Å². The Morgan fingerprint density at radius 2 is 1.35 bits per heavy atom. The second-order valence-electron chi connectivity index (χ2n) is 3.07. The smallest absolute Gasteiger partial charge is 0.465 e. The van der Waals surface area contributed by atoms with Crippen LogP contribution in [0.2, 0.25) is 6.04 Å². The Kier molecular flexibility index (Phi) is 13.0. The van der Waals surface area contributed by atoms with E-state index in [1.54, 1.807) is 0 Å². The van der Waals surface area contributed by atoms with Crippen molar-refractivity contribution < 1.29 is 23.2 Å². The molecule has 17 heavy (non-hydrogen) atoms. The number of carboxylic acid groups (broad SMARTS) is 1. The van der Waals surface area contributed by atoms with Crippen LogP contribution in [0.3, 0.4) is 0 Å². The average molecular weight is 267 g/mol. The predicted molar refractivity (Wildman–Crippen MR) is 67.9 cm³/mol. The van der Waals surface area contributed by atoms with Gasteiger partial charge >= 0.3 is 14.9 Å². The van der Waals surface area contributed by atoms with Gasteiger partial charge in [-0.2, -0.15) is 0 Å². The van der Waals surface area contributed by atoms with Gasteiger partial charge in [-0.3, -0.25) is 0 Å². The lowest BCUT2D eigenvalue weighted by Gasteiger charge is -2.27. The Balaban J connectivity index is 0. The van der Waals surface area contributed by atoms with Crippen LogP contribution in [0.5, 0.6) is 0 Å². The van der Waals surface area contributed by atoms with Gasteiger partial charge in [0.2, 0.25) is 0 Å². The van der Waals surface area contributed by atoms with Gasteiger partial charge in [0.25, 0.3) is 0 Å². The third-order valence-electron chi connectivity index (χ3n) is 1.65. The first-order valence-corrected chi connectivity index (χ1v) is 7.81. The lowest BCUT2D eigenvalue weighted by Crippen LogP contribution is -2.45. The highest BCUT2D eigenvalue weighted by Gasteiger charge is 2.38. The van der Waals surface area contributed by atoms with Gasteiger partial charge in [0.05, 0.1) is 0 Å². The van der Waals surface area contributed by atoms with Crippen molar-refractivity contribution in [2.24, 2.45) is 5.73 Å². The van der Waals surface area contributed by atoms with Crippen molar-refractivity contribution in [3.8, 4) is 0 Å². The number of amides is 1. The summed E-state index contributed by atoms with van der Waals surface area (Å²) in [6.07, 6.45) is -0.285. The minimum atomic E-state index is -2.30. The van der Waals surface area contributed by atoms with Gasteiger partial charge in [-0.15, -0.1) is 0 Å². The first kappa shape index (κ1) is 18.7. The minimum absolute atomic E-state index is 0.673. The van der Waals surface area contributed by atoms with Gasteiger partial charge in [0, 0.05) is 25.9 Å². The zero-order valence-corrected chi connectivity index (χ0v) is 12.2. The Labute approximate surface area is 104 Å². The maximum absolute atomic E-state index is 8.78. The zero-order chi connectivity index (χ0) is 13.7. The number of primary amides is 1. The molecule has 6 nitrogen and oxygen atoms in total. The first-order chi connectivity index (χ1) is 7.97. The van der Waals surface area contributed by atoms with Crippen molar-refractivity contribution in [3.05, 3.63) is 0 Å². The molecule has 0 fully saturated rings. The molecule has 0 bridgehead atoms. The van der Waals surface area contributed by atoms with E-state index in [0.29, 0.717) is 19.8 Å². The summed E-state index contributed by atoms with van der Waals surface area (Å²) in [5, 5.41) is 7.19. The standard InChI is InChI=1S/C9H22O3Si.CH3NO2/c1-5-9-13(10-6-2,11-7-3)12-8-4;2-1(3)4/h5-9H2,1-4H3;2H2,(H,3,4). The van der Waals surface area contributed by atoms with Gasteiger partial charge in [0.15, 0.2) is 0 Å². The number of hydrogen-bond donors (Lipinski definition) is 2. The Morgan fingerprint density at radius 3 is 1.53 bits per heavy atom. The molecule has 0 atom stereocenters. The van der Waals surface area contributed by atoms with Crippen molar-refractivity contribution in [1.82, 2.24) is 0 Å². The normalized spacial score (nSPS) is 10.6. The molecule has 0 rings (SSSR count). The highest BCUT2D eigenvalue weighted by atomic mass is 28.4. The van der Waals surface area contributed by atoms with Crippen molar-refractivity contribution >= 4 is 14.9 Å². The molecule has 0 aliphatic heterocycles. The molecular weight excluding hydrogens is 242 g/mol. The Morgan fingerprint density at radius 1 is 1.06 bits per heavy atom. The van der Waals surface area contributed by atoms with Gasteiger partial charge in [-0.1, -0.05) is 13.3 Å². The molecular formula is C10H25NO5Si. The number of nitrogens with two attached hydrogens (primary N) is 1. The lowest BCUT2D eigenvalue weighted by atomic mass is 10.6. The minimum Gasteiger partial charge on any atom is -0.465 e. The molecule has 1 amide bonds. The Hall–Kier alpha value is -0.633. The molecule has 3 N–H and O–H groups in total. The summed E-state index contributed by atoms with van der Waals surface area (Å²) in [6.45, 7) is 10.1. The monoisotopic (exact) mass is 267 g/mol. The summed E-state index contributed by atoms with van der Waals surface area (Å²) in [5.74, 6) is 0. The van der Waals surface area contributed by atoms with Crippen LogP contribution < -0.4 is 5.73 Å². The fraction of sp³-hybridized carbons (Fsp3) is 0.900. The van der Waals surface area contributed by atoms with E-state index in [-0.39, 0.29) is 0 Å². The largest absolute Gasteiger partial charge is 0.500 e. The van der Waals surface area contributed by atoms with Crippen molar-refractivity contribution in [2.75, 3.05) is 19.8 Å². The van der Waals surface area contributed by atoms with E-state index >= 15 is 0 Å². The van der Waals surface area contributed by atoms with Crippen LogP contribution in [0.25, 0.3) is 0 Å². The highest BCUT2D eigenvalue weighted by Crippen LogP contribution is 2.17.